The smallest absolute Gasteiger partial charge is 0.255 e. The van der Waals surface area contributed by atoms with Gasteiger partial charge < -0.3 is 20.0 Å². The maximum atomic E-state index is 13.3. The van der Waals surface area contributed by atoms with Crippen molar-refractivity contribution in [2.45, 2.75) is 65.1 Å². The van der Waals surface area contributed by atoms with Crippen LogP contribution in [-0.4, -0.2) is 25.1 Å². The second kappa shape index (κ2) is 11.5. The number of anilines is 2. The lowest BCUT2D eigenvalue weighted by Crippen LogP contribution is -2.33. The van der Waals surface area contributed by atoms with Crippen LogP contribution in [0.3, 0.4) is 0 Å². The predicted molar refractivity (Wildman–Crippen MR) is 164 cm³/mol. The molecule has 0 unspecified atom stereocenters. The lowest BCUT2D eigenvalue weighted by Gasteiger charge is -2.25. The zero-order chi connectivity index (χ0) is 28.2. The SMILES string of the molecule is CCCC[Si](C)(C)Oc1ccc(NC(=O)c2ccc3cc[nH]c3c2)c(NC(=O)c2ccc(C(C)(C)C)cc2)c1. The Balaban J connectivity index is 1.61. The molecule has 39 heavy (non-hydrogen) atoms. The van der Waals surface area contributed by atoms with E-state index in [4.69, 9.17) is 4.43 Å². The van der Waals surface area contributed by atoms with E-state index in [1.165, 1.54) is 0 Å². The van der Waals surface area contributed by atoms with Crippen LogP contribution in [0.25, 0.3) is 10.9 Å². The molecule has 3 N–H and O–H groups in total. The highest BCUT2D eigenvalue weighted by Crippen LogP contribution is 2.31. The van der Waals surface area contributed by atoms with Crippen molar-refractivity contribution in [3.8, 4) is 5.75 Å². The van der Waals surface area contributed by atoms with Crippen molar-refractivity contribution in [1.82, 2.24) is 4.98 Å². The molecule has 0 fully saturated rings. The van der Waals surface area contributed by atoms with Crippen LogP contribution in [-0.2, 0) is 5.41 Å². The first-order valence-electron chi connectivity index (χ1n) is 13.6. The van der Waals surface area contributed by atoms with Gasteiger partial charge in [-0.15, -0.1) is 0 Å². The first-order valence-corrected chi connectivity index (χ1v) is 16.7. The highest BCUT2D eigenvalue weighted by atomic mass is 28.4. The van der Waals surface area contributed by atoms with Crippen LogP contribution in [0.4, 0.5) is 11.4 Å². The Morgan fingerprint density at radius 3 is 2.21 bits per heavy atom. The number of aromatic amines is 1. The number of carbonyl (C=O) groups is 2. The maximum Gasteiger partial charge on any atom is 0.255 e. The molecule has 3 aromatic carbocycles. The van der Waals surface area contributed by atoms with Crippen LogP contribution >= 0.6 is 0 Å². The molecule has 2 amide bonds. The summed E-state index contributed by atoms with van der Waals surface area (Å²) in [6.45, 7) is 13.0. The normalized spacial score (nSPS) is 11.8. The van der Waals surface area contributed by atoms with Crippen LogP contribution in [0, 0.1) is 0 Å². The minimum Gasteiger partial charge on any atom is -0.544 e. The first-order chi connectivity index (χ1) is 18.4. The van der Waals surface area contributed by atoms with Crippen molar-refractivity contribution in [1.29, 1.82) is 0 Å². The van der Waals surface area contributed by atoms with Gasteiger partial charge in [-0.05, 0) is 78.0 Å². The molecule has 0 bridgehead atoms. The minimum absolute atomic E-state index is 0.00423. The van der Waals surface area contributed by atoms with Gasteiger partial charge in [0.15, 0.2) is 0 Å². The van der Waals surface area contributed by atoms with E-state index < -0.39 is 8.32 Å². The molecule has 6 nitrogen and oxygen atoms in total. The van der Waals surface area contributed by atoms with E-state index in [1.807, 2.05) is 60.8 Å². The Bertz CT molecular complexity index is 1470. The number of benzene rings is 3. The third-order valence-electron chi connectivity index (χ3n) is 6.84. The molecule has 4 rings (SSSR count). The summed E-state index contributed by atoms with van der Waals surface area (Å²) in [5, 5.41) is 7.03. The molecule has 0 saturated carbocycles. The fourth-order valence-corrected chi connectivity index (χ4v) is 6.54. The molecular formula is C32H39N3O3Si. The van der Waals surface area contributed by atoms with Crippen molar-refractivity contribution in [2.75, 3.05) is 10.6 Å². The summed E-state index contributed by atoms with van der Waals surface area (Å²) in [5.74, 6) is 0.174. The maximum absolute atomic E-state index is 13.3. The van der Waals surface area contributed by atoms with Gasteiger partial charge in [0.25, 0.3) is 11.8 Å². The second-order valence-corrected chi connectivity index (χ2v) is 15.9. The summed E-state index contributed by atoms with van der Waals surface area (Å²) in [6, 6.07) is 21.6. The van der Waals surface area contributed by atoms with E-state index in [9.17, 15) is 9.59 Å². The van der Waals surface area contributed by atoms with Crippen LogP contribution in [0.15, 0.2) is 72.9 Å². The number of fused-ring (bicyclic) bond motifs is 1. The third-order valence-corrected chi connectivity index (χ3v) is 9.19. The van der Waals surface area contributed by atoms with Crippen molar-refractivity contribution in [2.24, 2.45) is 0 Å². The molecule has 0 radical (unpaired) electrons. The van der Waals surface area contributed by atoms with Gasteiger partial charge in [-0.2, -0.15) is 0 Å². The number of aromatic nitrogens is 1. The number of carbonyl (C=O) groups excluding carboxylic acids is 2. The standard InChI is InChI=1S/C32H39N3O3Si/c1-7-8-19-39(5,6)38-26-15-16-27(34-31(37)24-10-9-22-17-18-33-28(22)20-24)29(21-26)35-30(36)23-11-13-25(14-12-23)32(2,3)4/h9-18,20-21,33H,7-8,19H2,1-6H3,(H,34,37)(H,35,36). The van der Waals surface area contributed by atoms with E-state index in [1.54, 1.807) is 12.1 Å². The minimum atomic E-state index is -1.94. The fraction of sp³-hybridized carbons (Fsp3) is 0.312. The Hall–Kier alpha value is -3.84. The monoisotopic (exact) mass is 541 g/mol. The van der Waals surface area contributed by atoms with E-state index >= 15 is 0 Å². The van der Waals surface area contributed by atoms with E-state index in [0.29, 0.717) is 28.3 Å². The van der Waals surface area contributed by atoms with Gasteiger partial charge in [0, 0.05) is 28.9 Å². The second-order valence-electron chi connectivity index (χ2n) is 11.7. The highest BCUT2D eigenvalue weighted by Gasteiger charge is 2.24. The van der Waals surface area contributed by atoms with Crippen LogP contribution in [0.1, 0.15) is 66.8 Å². The summed E-state index contributed by atoms with van der Waals surface area (Å²) >= 11 is 0. The van der Waals surface area contributed by atoms with Gasteiger partial charge in [-0.1, -0.05) is 58.7 Å². The Labute approximate surface area is 232 Å². The van der Waals surface area contributed by atoms with Crippen LogP contribution < -0.4 is 15.1 Å². The van der Waals surface area contributed by atoms with E-state index in [0.717, 1.165) is 35.4 Å². The largest absolute Gasteiger partial charge is 0.544 e. The van der Waals surface area contributed by atoms with Crippen LogP contribution in [0.5, 0.6) is 5.75 Å². The highest BCUT2D eigenvalue weighted by molar-refractivity contribution is 6.71. The van der Waals surface area contributed by atoms with Gasteiger partial charge in [-0.25, -0.2) is 0 Å². The molecule has 0 saturated heterocycles. The van der Waals surface area contributed by atoms with Crippen molar-refractivity contribution >= 4 is 42.4 Å². The Morgan fingerprint density at radius 2 is 1.51 bits per heavy atom. The summed E-state index contributed by atoms with van der Waals surface area (Å²) in [6.07, 6.45) is 4.08. The summed E-state index contributed by atoms with van der Waals surface area (Å²) < 4.78 is 6.44. The molecule has 0 aliphatic heterocycles. The number of rotatable bonds is 9. The molecule has 0 aliphatic carbocycles. The fourth-order valence-electron chi connectivity index (χ4n) is 4.47. The summed E-state index contributed by atoms with van der Waals surface area (Å²) in [7, 11) is -1.94. The third kappa shape index (κ3) is 7.18. The van der Waals surface area contributed by atoms with Gasteiger partial charge in [0.1, 0.15) is 5.75 Å². The number of hydrogen-bond donors (Lipinski definition) is 3. The molecule has 204 valence electrons. The number of H-pyrrole nitrogens is 1. The average Bonchev–Trinajstić information content (AvgIpc) is 3.36. The Kier molecular flexibility index (Phi) is 8.30. The lowest BCUT2D eigenvalue weighted by molar-refractivity contribution is 0.101. The number of hydrogen-bond acceptors (Lipinski definition) is 3. The van der Waals surface area contributed by atoms with Gasteiger partial charge >= 0.3 is 0 Å². The molecule has 0 atom stereocenters. The summed E-state index contributed by atoms with van der Waals surface area (Å²) in [4.78, 5) is 29.6. The molecular weight excluding hydrogens is 502 g/mol. The average molecular weight is 542 g/mol. The number of unbranched alkanes of at least 4 members (excludes halogenated alkanes) is 1. The van der Waals surface area contributed by atoms with Gasteiger partial charge in [0.05, 0.1) is 11.4 Å². The lowest BCUT2D eigenvalue weighted by atomic mass is 9.87. The molecule has 1 heterocycles. The molecule has 0 aliphatic rings. The first kappa shape index (κ1) is 28.2. The zero-order valence-corrected chi connectivity index (χ0v) is 24.8. The number of nitrogens with one attached hydrogen (secondary N) is 3. The van der Waals surface area contributed by atoms with Gasteiger partial charge in [0.2, 0.25) is 8.32 Å². The molecule has 7 heteroatoms. The van der Waals surface area contributed by atoms with Crippen LogP contribution in [0.2, 0.25) is 19.1 Å². The predicted octanol–water partition coefficient (Wildman–Crippen LogP) is 8.35. The molecule has 0 spiro atoms. The van der Waals surface area contributed by atoms with Gasteiger partial charge in [-0.3, -0.25) is 9.59 Å². The molecule has 1 aromatic heterocycles. The zero-order valence-electron chi connectivity index (χ0n) is 23.8. The topological polar surface area (TPSA) is 83.2 Å². The number of amides is 2. The Morgan fingerprint density at radius 1 is 0.846 bits per heavy atom. The summed E-state index contributed by atoms with van der Waals surface area (Å²) in [5.41, 5.74) is 4.10. The van der Waals surface area contributed by atoms with E-state index in [-0.39, 0.29) is 17.2 Å². The van der Waals surface area contributed by atoms with Crippen molar-refractivity contribution < 1.29 is 14.0 Å². The molecule has 4 aromatic rings. The van der Waals surface area contributed by atoms with Crippen molar-refractivity contribution in [3.63, 3.8) is 0 Å². The van der Waals surface area contributed by atoms with E-state index in [2.05, 4.69) is 56.4 Å². The van der Waals surface area contributed by atoms with Crippen molar-refractivity contribution in [3.05, 3.63) is 89.6 Å². The quantitative estimate of drug-likeness (QED) is 0.186.